The highest BCUT2D eigenvalue weighted by Crippen LogP contribution is 2.20. The van der Waals surface area contributed by atoms with Crippen molar-refractivity contribution < 1.29 is 4.79 Å². The summed E-state index contributed by atoms with van der Waals surface area (Å²) in [6.07, 6.45) is 7.93. The fourth-order valence-corrected chi connectivity index (χ4v) is 1.89. The monoisotopic (exact) mass is 395 g/mol. The molecule has 2 aromatic carbocycles. The van der Waals surface area contributed by atoms with E-state index in [-0.39, 0.29) is 11.8 Å². The number of carbonyl (C=O) groups excluding carboxylic acids is 1. The maximum atomic E-state index is 10.0. The van der Waals surface area contributed by atoms with Crippen molar-refractivity contribution >= 4 is 5.78 Å². The van der Waals surface area contributed by atoms with Crippen LogP contribution < -0.4 is 5.73 Å². The predicted molar refractivity (Wildman–Crippen MR) is 131 cm³/mol. The molecule has 0 aliphatic heterocycles. The Morgan fingerprint density at radius 3 is 1.90 bits per heavy atom. The third-order valence-corrected chi connectivity index (χ3v) is 3.68. The molecule has 0 fully saturated rings. The summed E-state index contributed by atoms with van der Waals surface area (Å²) in [5.41, 5.74) is 10.4. The molecule has 2 aromatic rings. The van der Waals surface area contributed by atoms with E-state index in [4.69, 9.17) is 5.73 Å². The molecule has 29 heavy (non-hydrogen) atoms. The van der Waals surface area contributed by atoms with Crippen molar-refractivity contribution in [2.75, 3.05) is 0 Å². The van der Waals surface area contributed by atoms with E-state index in [2.05, 4.69) is 82.8 Å². The normalized spacial score (nSPS) is 10.3. The summed E-state index contributed by atoms with van der Waals surface area (Å²) < 4.78 is 0. The van der Waals surface area contributed by atoms with Gasteiger partial charge in [-0.15, -0.1) is 0 Å². The number of benzene rings is 2. The highest BCUT2D eigenvalue weighted by atomic mass is 16.1. The van der Waals surface area contributed by atoms with Crippen molar-refractivity contribution in [2.24, 2.45) is 5.73 Å². The number of hydrogen-bond acceptors (Lipinski definition) is 2. The van der Waals surface area contributed by atoms with Gasteiger partial charge >= 0.3 is 0 Å². The van der Waals surface area contributed by atoms with Crippen LogP contribution >= 0.6 is 0 Å². The average Bonchev–Trinajstić information content (AvgIpc) is 2.70. The van der Waals surface area contributed by atoms with Gasteiger partial charge in [0.05, 0.1) is 6.04 Å². The topological polar surface area (TPSA) is 43.1 Å². The molecule has 0 spiro atoms. The van der Waals surface area contributed by atoms with Crippen LogP contribution in [-0.2, 0) is 11.2 Å². The molecular weight excluding hydrogens is 354 g/mol. The van der Waals surface area contributed by atoms with Gasteiger partial charge in [-0.05, 0) is 50.8 Å². The van der Waals surface area contributed by atoms with Gasteiger partial charge < -0.3 is 5.73 Å². The van der Waals surface area contributed by atoms with E-state index in [1.807, 2.05) is 19.1 Å². The standard InChI is InChI=1S/C15H16.C5H8.C4H9NO.C3H8/c1-3-13-7-9-14(10-8-13)15-6-4-5-12(2)11-15;1-3-5-4-2;1-3(5)4(2)6;1-3-2/h4-11H,3H2,1-2H3;3-5H,1H2,2H3;3H,5H2,1-2H3;3H2,1-2H3/b;5-4-;;. The van der Waals surface area contributed by atoms with Crippen molar-refractivity contribution in [2.45, 2.75) is 67.3 Å². The Bertz CT molecular complexity index is 697. The molecule has 1 atom stereocenters. The van der Waals surface area contributed by atoms with Crippen molar-refractivity contribution in [3.8, 4) is 11.1 Å². The SMILES string of the molecule is C=C/C=C\C.CC(=O)C(C)N.CCC.CCc1ccc(-c2cccc(C)c2)cc1. The maximum Gasteiger partial charge on any atom is 0.146 e. The smallest absolute Gasteiger partial charge is 0.146 e. The molecule has 0 amide bonds. The van der Waals surface area contributed by atoms with E-state index in [0.29, 0.717) is 0 Å². The molecule has 0 aromatic heterocycles. The van der Waals surface area contributed by atoms with Crippen LogP contribution in [0.3, 0.4) is 0 Å². The number of allylic oxidation sites excluding steroid dienone is 3. The molecule has 2 N–H and O–H groups in total. The van der Waals surface area contributed by atoms with Crippen molar-refractivity contribution in [3.05, 3.63) is 84.5 Å². The zero-order chi connectivity index (χ0) is 22.7. The molecular formula is C27H41NO. The second kappa shape index (κ2) is 18.9. The summed E-state index contributed by atoms with van der Waals surface area (Å²) in [6, 6.07) is 17.2. The number of nitrogens with two attached hydrogens (primary N) is 1. The molecule has 0 aliphatic carbocycles. The predicted octanol–water partition coefficient (Wildman–Crippen LogP) is 7.31. The fraction of sp³-hybridized carbons (Fsp3) is 0.370. The van der Waals surface area contributed by atoms with Crippen molar-refractivity contribution in [1.29, 1.82) is 0 Å². The minimum absolute atomic E-state index is 0.0370. The first-order valence-corrected chi connectivity index (χ1v) is 10.4. The maximum absolute atomic E-state index is 10.0. The van der Waals surface area contributed by atoms with Gasteiger partial charge in [0.1, 0.15) is 5.78 Å². The molecule has 2 nitrogen and oxygen atoms in total. The molecule has 0 heterocycles. The Kier molecular flexibility index (Phi) is 18.7. The summed E-state index contributed by atoms with van der Waals surface area (Å²) in [4.78, 5) is 10.0. The molecule has 0 bridgehead atoms. The van der Waals surface area contributed by atoms with Crippen LogP contribution in [0.4, 0.5) is 0 Å². The Labute approximate surface area is 179 Å². The molecule has 0 aliphatic rings. The van der Waals surface area contributed by atoms with Crippen LogP contribution in [0.1, 0.15) is 59.1 Å². The van der Waals surface area contributed by atoms with Crippen LogP contribution in [0, 0.1) is 6.92 Å². The lowest BCUT2D eigenvalue weighted by atomic mass is 10.0. The number of hydrogen-bond donors (Lipinski definition) is 1. The zero-order valence-electron chi connectivity index (χ0n) is 19.5. The van der Waals surface area contributed by atoms with Gasteiger partial charge in [-0.25, -0.2) is 0 Å². The van der Waals surface area contributed by atoms with Crippen LogP contribution in [-0.4, -0.2) is 11.8 Å². The molecule has 0 radical (unpaired) electrons. The van der Waals surface area contributed by atoms with E-state index >= 15 is 0 Å². The van der Waals surface area contributed by atoms with E-state index in [1.165, 1.54) is 35.6 Å². The molecule has 1 unspecified atom stereocenters. The lowest BCUT2D eigenvalue weighted by Crippen LogP contribution is -2.23. The first kappa shape index (κ1) is 28.8. The third-order valence-electron chi connectivity index (χ3n) is 3.68. The molecule has 0 saturated carbocycles. The second-order valence-corrected chi connectivity index (χ2v) is 6.79. The third kappa shape index (κ3) is 16.2. The van der Waals surface area contributed by atoms with Crippen LogP contribution in [0.5, 0.6) is 0 Å². The summed E-state index contributed by atoms with van der Waals surface area (Å²) in [5.74, 6) is 0.0370. The average molecular weight is 396 g/mol. The molecule has 0 saturated heterocycles. The van der Waals surface area contributed by atoms with Gasteiger partial charge in [0.2, 0.25) is 0 Å². The quantitative estimate of drug-likeness (QED) is 0.551. The highest BCUT2D eigenvalue weighted by molar-refractivity contribution is 5.80. The Morgan fingerprint density at radius 2 is 1.59 bits per heavy atom. The number of Topliss-reactive ketones (excluding diaryl/α,β-unsaturated/α-hetero) is 1. The number of rotatable bonds is 4. The van der Waals surface area contributed by atoms with Crippen LogP contribution in [0.2, 0.25) is 0 Å². The van der Waals surface area contributed by atoms with Gasteiger partial charge in [-0.3, -0.25) is 4.79 Å². The van der Waals surface area contributed by atoms with Gasteiger partial charge in [0.25, 0.3) is 0 Å². The van der Waals surface area contributed by atoms with Crippen LogP contribution in [0.15, 0.2) is 73.3 Å². The molecule has 160 valence electrons. The first-order valence-electron chi connectivity index (χ1n) is 10.4. The highest BCUT2D eigenvalue weighted by Gasteiger charge is 1.97. The Balaban J connectivity index is 0. The van der Waals surface area contributed by atoms with Gasteiger partial charge in [-0.1, -0.05) is 106 Å². The molecule has 2 heteroatoms. The second-order valence-electron chi connectivity index (χ2n) is 6.79. The van der Waals surface area contributed by atoms with E-state index in [1.54, 1.807) is 13.0 Å². The number of ketones is 1. The zero-order valence-corrected chi connectivity index (χ0v) is 19.5. The lowest BCUT2D eigenvalue weighted by Gasteiger charge is -2.04. The summed E-state index contributed by atoms with van der Waals surface area (Å²) >= 11 is 0. The minimum Gasteiger partial charge on any atom is -0.322 e. The summed E-state index contributed by atoms with van der Waals surface area (Å²) in [5, 5.41) is 0. The van der Waals surface area contributed by atoms with Crippen molar-refractivity contribution in [3.63, 3.8) is 0 Å². The Hall–Kier alpha value is -2.45. The van der Waals surface area contributed by atoms with E-state index in [9.17, 15) is 4.79 Å². The largest absolute Gasteiger partial charge is 0.322 e. The van der Waals surface area contributed by atoms with Gasteiger partial charge in [-0.2, -0.15) is 0 Å². The Morgan fingerprint density at radius 1 is 1.07 bits per heavy atom. The lowest BCUT2D eigenvalue weighted by molar-refractivity contribution is -0.117. The number of carbonyl (C=O) groups is 1. The first-order chi connectivity index (χ1) is 13.8. The summed E-state index contributed by atoms with van der Waals surface area (Å²) in [6.45, 7) is 17.1. The van der Waals surface area contributed by atoms with Crippen LogP contribution in [0.25, 0.3) is 11.1 Å². The van der Waals surface area contributed by atoms with Gasteiger partial charge in [0, 0.05) is 0 Å². The molecule has 2 rings (SSSR count). The minimum atomic E-state index is -0.287. The fourth-order valence-electron chi connectivity index (χ4n) is 1.89. The number of aryl methyl sites for hydroxylation is 2. The van der Waals surface area contributed by atoms with Gasteiger partial charge in [0.15, 0.2) is 0 Å². The summed E-state index contributed by atoms with van der Waals surface area (Å²) in [7, 11) is 0. The van der Waals surface area contributed by atoms with Crippen molar-refractivity contribution in [1.82, 2.24) is 0 Å². The van der Waals surface area contributed by atoms with E-state index in [0.717, 1.165) is 6.42 Å². The van der Waals surface area contributed by atoms with E-state index < -0.39 is 0 Å².